The van der Waals surface area contributed by atoms with Crippen LogP contribution in [-0.2, 0) is 14.3 Å². The molecule has 0 spiro atoms. The van der Waals surface area contributed by atoms with Crippen molar-refractivity contribution in [2.75, 3.05) is 13.7 Å². The number of methoxy groups -OCH3 is 1. The van der Waals surface area contributed by atoms with Crippen molar-refractivity contribution in [2.45, 2.75) is 32.1 Å². The van der Waals surface area contributed by atoms with Gasteiger partial charge in [0.05, 0.1) is 12.5 Å². The minimum absolute atomic E-state index is 0.0616. The van der Waals surface area contributed by atoms with E-state index < -0.39 is 0 Å². The second kappa shape index (κ2) is 5.12. The summed E-state index contributed by atoms with van der Waals surface area (Å²) in [5.41, 5.74) is 0. The molecular formula is C10H16O3. The van der Waals surface area contributed by atoms with Gasteiger partial charge in [0, 0.05) is 20.0 Å². The summed E-state index contributed by atoms with van der Waals surface area (Å²) in [6.07, 6.45) is 3.68. The molecule has 0 saturated heterocycles. The van der Waals surface area contributed by atoms with Crippen LogP contribution in [0.25, 0.3) is 0 Å². The second-order valence-corrected chi connectivity index (χ2v) is 3.47. The SMILES string of the molecule is COCCC(=O)C1CCCCC1=O. The molecule has 1 fully saturated rings. The van der Waals surface area contributed by atoms with E-state index >= 15 is 0 Å². The summed E-state index contributed by atoms with van der Waals surface area (Å²) in [5, 5.41) is 0. The molecule has 1 rings (SSSR count). The number of carbonyl (C=O) groups is 2. The first-order chi connectivity index (χ1) is 6.25. The zero-order valence-corrected chi connectivity index (χ0v) is 8.04. The Hall–Kier alpha value is -0.700. The van der Waals surface area contributed by atoms with E-state index in [1.165, 1.54) is 0 Å². The molecule has 1 saturated carbocycles. The highest BCUT2D eigenvalue weighted by molar-refractivity contribution is 6.02. The number of carbonyl (C=O) groups excluding carboxylic acids is 2. The van der Waals surface area contributed by atoms with Gasteiger partial charge in [0.25, 0.3) is 0 Å². The highest BCUT2D eigenvalue weighted by Crippen LogP contribution is 2.22. The summed E-state index contributed by atoms with van der Waals surface area (Å²) in [7, 11) is 1.57. The van der Waals surface area contributed by atoms with Gasteiger partial charge in [0.1, 0.15) is 11.6 Å². The lowest BCUT2D eigenvalue weighted by molar-refractivity contribution is -0.134. The maximum Gasteiger partial charge on any atom is 0.145 e. The van der Waals surface area contributed by atoms with Crippen LogP contribution in [0.2, 0.25) is 0 Å². The quantitative estimate of drug-likeness (QED) is 0.619. The fraction of sp³-hybridized carbons (Fsp3) is 0.800. The largest absolute Gasteiger partial charge is 0.384 e. The van der Waals surface area contributed by atoms with E-state index in [0.717, 1.165) is 19.3 Å². The van der Waals surface area contributed by atoms with Crippen molar-refractivity contribution >= 4 is 11.6 Å². The lowest BCUT2D eigenvalue weighted by Crippen LogP contribution is -2.27. The first-order valence-corrected chi connectivity index (χ1v) is 4.80. The van der Waals surface area contributed by atoms with Gasteiger partial charge < -0.3 is 4.74 Å². The number of ketones is 2. The zero-order chi connectivity index (χ0) is 9.68. The molecule has 13 heavy (non-hydrogen) atoms. The molecule has 1 aliphatic carbocycles. The van der Waals surface area contributed by atoms with Crippen LogP contribution in [0.4, 0.5) is 0 Å². The molecule has 0 heterocycles. The Morgan fingerprint density at radius 3 is 2.92 bits per heavy atom. The van der Waals surface area contributed by atoms with Crippen molar-refractivity contribution in [1.82, 2.24) is 0 Å². The first-order valence-electron chi connectivity index (χ1n) is 4.80. The van der Waals surface area contributed by atoms with Gasteiger partial charge in [-0.3, -0.25) is 9.59 Å². The Bertz CT molecular complexity index is 198. The van der Waals surface area contributed by atoms with E-state index in [0.29, 0.717) is 19.4 Å². The summed E-state index contributed by atoms with van der Waals surface area (Å²) >= 11 is 0. The van der Waals surface area contributed by atoms with E-state index in [1.807, 2.05) is 0 Å². The molecular weight excluding hydrogens is 168 g/mol. The van der Waals surface area contributed by atoms with Gasteiger partial charge in [0.15, 0.2) is 0 Å². The average Bonchev–Trinajstić information content (AvgIpc) is 2.15. The minimum atomic E-state index is -0.316. The van der Waals surface area contributed by atoms with E-state index in [4.69, 9.17) is 4.74 Å². The first kappa shape index (κ1) is 10.4. The molecule has 1 unspecified atom stereocenters. The van der Waals surface area contributed by atoms with Crippen molar-refractivity contribution in [3.05, 3.63) is 0 Å². The van der Waals surface area contributed by atoms with Crippen LogP contribution in [0, 0.1) is 5.92 Å². The summed E-state index contributed by atoms with van der Waals surface area (Å²) in [4.78, 5) is 22.8. The molecule has 0 N–H and O–H groups in total. The van der Waals surface area contributed by atoms with Crippen LogP contribution in [0.15, 0.2) is 0 Å². The van der Waals surface area contributed by atoms with Gasteiger partial charge in [-0.2, -0.15) is 0 Å². The predicted octanol–water partition coefficient (Wildman–Crippen LogP) is 1.35. The summed E-state index contributed by atoms with van der Waals surface area (Å²) in [6.45, 7) is 0.433. The Morgan fingerprint density at radius 1 is 1.54 bits per heavy atom. The summed E-state index contributed by atoms with van der Waals surface area (Å²) in [6, 6.07) is 0. The van der Waals surface area contributed by atoms with E-state index in [1.54, 1.807) is 7.11 Å². The van der Waals surface area contributed by atoms with Crippen LogP contribution in [0.1, 0.15) is 32.1 Å². The van der Waals surface area contributed by atoms with Gasteiger partial charge in [-0.1, -0.05) is 6.42 Å². The van der Waals surface area contributed by atoms with Gasteiger partial charge >= 0.3 is 0 Å². The third-order valence-electron chi connectivity index (χ3n) is 2.50. The number of ether oxygens (including phenoxy) is 1. The predicted molar refractivity (Wildman–Crippen MR) is 48.5 cm³/mol. The standard InChI is InChI=1S/C10H16O3/c1-13-7-6-10(12)8-4-2-3-5-9(8)11/h8H,2-7H2,1H3. The highest BCUT2D eigenvalue weighted by atomic mass is 16.5. The molecule has 0 amide bonds. The minimum Gasteiger partial charge on any atom is -0.384 e. The molecule has 0 aromatic heterocycles. The summed E-state index contributed by atoms with van der Waals surface area (Å²) < 4.78 is 4.81. The number of hydrogen-bond donors (Lipinski definition) is 0. The van der Waals surface area contributed by atoms with Gasteiger partial charge in [-0.05, 0) is 12.8 Å². The Kier molecular flexibility index (Phi) is 4.09. The van der Waals surface area contributed by atoms with E-state index in [-0.39, 0.29) is 17.5 Å². The lowest BCUT2D eigenvalue weighted by atomic mass is 9.84. The number of hydrogen-bond acceptors (Lipinski definition) is 3. The number of Topliss-reactive ketones (excluding diaryl/α,β-unsaturated/α-hetero) is 2. The lowest BCUT2D eigenvalue weighted by Gasteiger charge is -2.18. The normalized spacial score (nSPS) is 23.2. The van der Waals surface area contributed by atoms with Crippen LogP contribution >= 0.6 is 0 Å². The van der Waals surface area contributed by atoms with Crippen molar-refractivity contribution in [3.8, 4) is 0 Å². The van der Waals surface area contributed by atoms with Gasteiger partial charge in [0.2, 0.25) is 0 Å². The Labute approximate surface area is 78.5 Å². The molecule has 0 aromatic carbocycles. The molecule has 74 valence electrons. The van der Waals surface area contributed by atoms with Crippen molar-refractivity contribution in [1.29, 1.82) is 0 Å². The fourth-order valence-corrected chi connectivity index (χ4v) is 1.70. The molecule has 0 bridgehead atoms. The average molecular weight is 184 g/mol. The highest BCUT2D eigenvalue weighted by Gasteiger charge is 2.27. The molecule has 3 nitrogen and oxygen atoms in total. The molecule has 0 aromatic rings. The van der Waals surface area contributed by atoms with Crippen LogP contribution in [-0.4, -0.2) is 25.3 Å². The zero-order valence-electron chi connectivity index (χ0n) is 8.04. The van der Waals surface area contributed by atoms with Crippen LogP contribution < -0.4 is 0 Å². The van der Waals surface area contributed by atoms with Crippen molar-refractivity contribution < 1.29 is 14.3 Å². The second-order valence-electron chi connectivity index (χ2n) is 3.47. The Morgan fingerprint density at radius 2 is 2.31 bits per heavy atom. The molecule has 1 aliphatic rings. The van der Waals surface area contributed by atoms with Crippen molar-refractivity contribution in [3.63, 3.8) is 0 Å². The third kappa shape index (κ3) is 2.92. The molecule has 1 atom stereocenters. The topological polar surface area (TPSA) is 43.4 Å². The van der Waals surface area contributed by atoms with E-state index in [2.05, 4.69) is 0 Å². The maximum absolute atomic E-state index is 11.5. The van der Waals surface area contributed by atoms with Gasteiger partial charge in [-0.15, -0.1) is 0 Å². The van der Waals surface area contributed by atoms with Crippen LogP contribution in [0.5, 0.6) is 0 Å². The summed E-state index contributed by atoms with van der Waals surface area (Å²) in [5.74, 6) is -0.122. The Balaban J connectivity index is 2.39. The third-order valence-corrected chi connectivity index (χ3v) is 2.50. The van der Waals surface area contributed by atoms with Crippen molar-refractivity contribution in [2.24, 2.45) is 5.92 Å². The molecule has 0 aliphatic heterocycles. The molecule has 0 radical (unpaired) electrons. The fourth-order valence-electron chi connectivity index (χ4n) is 1.70. The maximum atomic E-state index is 11.5. The monoisotopic (exact) mass is 184 g/mol. The molecule has 3 heteroatoms. The van der Waals surface area contributed by atoms with E-state index in [9.17, 15) is 9.59 Å². The smallest absolute Gasteiger partial charge is 0.145 e. The van der Waals surface area contributed by atoms with Crippen LogP contribution in [0.3, 0.4) is 0 Å². The number of rotatable bonds is 4. The van der Waals surface area contributed by atoms with Gasteiger partial charge in [-0.25, -0.2) is 0 Å².